The largest absolute Gasteiger partial charge is 0.456 e. The van der Waals surface area contributed by atoms with Crippen LogP contribution in [-0.2, 0) is 35.9 Å². The molecule has 59 heavy (non-hydrogen) atoms. The minimum Gasteiger partial charge on any atom is -0.456 e. The number of benzene rings is 5. The fraction of sp³-hybridized carbons (Fsp3) is 0.178. The van der Waals surface area contributed by atoms with E-state index in [-0.39, 0.29) is 59.0 Å². The quantitative estimate of drug-likeness (QED) is 0.0792. The van der Waals surface area contributed by atoms with Gasteiger partial charge in [0.2, 0.25) is 5.91 Å². The van der Waals surface area contributed by atoms with Crippen molar-refractivity contribution in [2.24, 2.45) is 0 Å². The first kappa shape index (κ1) is 38.5. The summed E-state index contributed by atoms with van der Waals surface area (Å²) in [5, 5.41) is 5.46. The van der Waals surface area contributed by atoms with Gasteiger partial charge in [0.1, 0.15) is 18.1 Å². The molecule has 2 N–H and O–H groups in total. The first-order valence-corrected chi connectivity index (χ1v) is 18.4. The zero-order valence-electron chi connectivity index (χ0n) is 31.4. The van der Waals surface area contributed by atoms with Crippen molar-refractivity contribution in [2.75, 3.05) is 19.7 Å². The average molecular weight is 799 g/mol. The van der Waals surface area contributed by atoms with E-state index in [4.69, 9.17) is 23.7 Å². The molecule has 296 valence electrons. The molecule has 8 rings (SSSR count). The lowest BCUT2D eigenvalue weighted by Gasteiger charge is -2.37. The summed E-state index contributed by atoms with van der Waals surface area (Å²) >= 11 is 0. The molecule has 0 aromatic heterocycles. The van der Waals surface area contributed by atoms with Crippen molar-refractivity contribution in [3.63, 3.8) is 0 Å². The molecule has 1 aliphatic carbocycles. The van der Waals surface area contributed by atoms with Gasteiger partial charge in [0, 0.05) is 67.7 Å². The lowest BCUT2D eigenvalue weighted by Crippen LogP contribution is -2.37. The molecule has 1 unspecified atom stereocenters. The second-order valence-electron chi connectivity index (χ2n) is 13.8. The second-order valence-corrected chi connectivity index (χ2v) is 13.8. The van der Waals surface area contributed by atoms with Crippen LogP contribution in [0.25, 0.3) is 0 Å². The molecule has 1 atom stereocenters. The van der Waals surface area contributed by atoms with Crippen LogP contribution in [-0.4, -0.2) is 49.4 Å². The third kappa shape index (κ3) is 7.35. The molecule has 12 nitrogen and oxygen atoms in total. The Labute approximate surface area is 335 Å². The highest BCUT2D eigenvalue weighted by Crippen LogP contribution is 2.58. The fourth-order valence-electron chi connectivity index (χ4n) is 7.33. The molecule has 0 fully saturated rings. The average Bonchev–Trinajstić information content (AvgIpc) is 3.49. The topological polar surface area (TPSA) is 156 Å². The van der Waals surface area contributed by atoms with Crippen LogP contribution in [0.5, 0.6) is 23.0 Å². The van der Waals surface area contributed by atoms with Gasteiger partial charge in [-0.25, -0.2) is 13.6 Å². The summed E-state index contributed by atoms with van der Waals surface area (Å²) in [5.41, 5.74) is 1.39. The lowest BCUT2D eigenvalue weighted by molar-refractivity contribution is -0.133. The number of rotatable bonds is 9. The molecule has 0 bridgehead atoms. The highest BCUT2D eigenvalue weighted by molar-refractivity contribution is 6.00. The summed E-state index contributed by atoms with van der Waals surface area (Å²) < 4.78 is 59.1. The number of fused-ring (bicyclic) bond motifs is 8. The standard InChI is InChI=1S/C45H32F2N2O10/c1-24(50)56-40-21-38-33(19-35(40)46)45(34-20-36(47)41(57-25(2)51)22-39(34)58-38)32-17-29(13-14-31(32)44(54)59-45)43(53)49-16-15-48-42(52)23-55-37-18-28-9-4-3-7-26(28)11-12-27-8-5-6-10-30(27)37/h3-10,13-14,17,19-22,37H,15-16,18,23H2,1-2H3,(H,48,52)(H,49,53). The number of hydrogen-bond donors (Lipinski definition) is 2. The molecule has 1 spiro atoms. The smallest absolute Gasteiger partial charge is 0.340 e. The molecule has 2 amide bonds. The second kappa shape index (κ2) is 15.5. The molecular formula is C45H32F2N2O10. The van der Waals surface area contributed by atoms with Crippen LogP contribution in [0.4, 0.5) is 8.78 Å². The van der Waals surface area contributed by atoms with Crippen molar-refractivity contribution in [2.45, 2.75) is 32.0 Å². The summed E-state index contributed by atoms with van der Waals surface area (Å²) in [6.07, 6.45) is 0.0867. The predicted molar refractivity (Wildman–Crippen MR) is 204 cm³/mol. The van der Waals surface area contributed by atoms with Crippen molar-refractivity contribution < 1.29 is 56.4 Å². The first-order valence-electron chi connectivity index (χ1n) is 18.4. The van der Waals surface area contributed by atoms with Gasteiger partial charge in [0.25, 0.3) is 5.91 Å². The first-order chi connectivity index (χ1) is 28.4. The van der Waals surface area contributed by atoms with E-state index in [0.717, 1.165) is 60.4 Å². The van der Waals surface area contributed by atoms with Gasteiger partial charge < -0.3 is 34.3 Å². The number of carbonyl (C=O) groups is 5. The third-order valence-corrected chi connectivity index (χ3v) is 9.89. The molecule has 5 aromatic carbocycles. The predicted octanol–water partition coefficient (Wildman–Crippen LogP) is 5.94. The van der Waals surface area contributed by atoms with Gasteiger partial charge in [-0.1, -0.05) is 48.2 Å². The highest BCUT2D eigenvalue weighted by atomic mass is 19.1. The van der Waals surface area contributed by atoms with E-state index in [0.29, 0.717) is 6.42 Å². The molecule has 14 heteroatoms. The number of ether oxygens (including phenoxy) is 5. The normalized spacial score (nSPS) is 14.8. The van der Waals surface area contributed by atoms with Gasteiger partial charge in [-0.15, -0.1) is 0 Å². The van der Waals surface area contributed by atoms with E-state index in [1.807, 2.05) is 48.5 Å². The molecule has 2 aliphatic heterocycles. The van der Waals surface area contributed by atoms with Gasteiger partial charge in [0.05, 0.1) is 22.8 Å². The van der Waals surface area contributed by atoms with Gasteiger partial charge in [-0.2, -0.15) is 0 Å². The van der Waals surface area contributed by atoms with Crippen LogP contribution >= 0.6 is 0 Å². The Morgan fingerprint density at radius 3 is 2.05 bits per heavy atom. The Morgan fingerprint density at radius 1 is 0.763 bits per heavy atom. The van der Waals surface area contributed by atoms with E-state index >= 15 is 8.78 Å². The monoisotopic (exact) mass is 798 g/mol. The zero-order chi connectivity index (χ0) is 41.4. The SMILES string of the molecule is CC(=O)Oc1cc2c(cc1F)C1(OC(=O)c3ccc(C(=O)NCCNC(=O)COC4Cc5ccccc5C#Cc5ccccc54)cc31)c1cc(F)c(OC(C)=O)cc1O2. The number of nitrogens with one attached hydrogen (secondary N) is 2. The molecule has 5 aromatic rings. The Bertz CT molecular complexity index is 2610. The van der Waals surface area contributed by atoms with E-state index in [1.165, 1.54) is 18.2 Å². The number of halogens is 2. The Balaban J connectivity index is 1.00. The molecule has 0 saturated heterocycles. The summed E-state index contributed by atoms with van der Waals surface area (Å²) in [4.78, 5) is 63.3. The van der Waals surface area contributed by atoms with Crippen LogP contribution in [0.1, 0.15) is 79.6 Å². The molecule has 0 saturated carbocycles. The van der Waals surface area contributed by atoms with E-state index < -0.39 is 64.6 Å². The van der Waals surface area contributed by atoms with E-state index in [9.17, 15) is 24.0 Å². The summed E-state index contributed by atoms with van der Waals surface area (Å²) in [5.74, 6) is -0.425. The molecule has 2 heterocycles. The van der Waals surface area contributed by atoms with Crippen molar-refractivity contribution in [3.05, 3.63) is 153 Å². The Morgan fingerprint density at radius 2 is 1.37 bits per heavy atom. The fourth-order valence-corrected chi connectivity index (χ4v) is 7.33. The van der Waals surface area contributed by atoms with Crippen molar-refractivity contribution >= 4 is 29.7 Å². The summed E-state index contributed by atoms with van der Waals surface area (Å²) in [6, 6.07) is 23.5. The van der Waals surface area contributed by atoms with Gasteiger partial charge in [0.15, 0.2) is 28.7 Å². The Hall–Kier alpha value is -7.37. The molecule has 0 radical (unpaired) electrons. The van der Waals surface area contributed by atoms with Crippen LogP contribution in [0.2, 0.25) is 0 Å². The highest BCUT2D eigenvalue weighted by Gasteiger charge is 2.55. The maximum atomic E-state index is 15.5. The van der Waals surface area contributed by atoms with Crippen LogP contribution < -0.4 is 24.8 Å². The third-order valence-electron chi connectivity index (χ3n) is 9.89. The van der Waals surface area contributed by atoms with E-state index in [2.05, 4.69) is 22.5 Å². The van der Waals surface area contributed by atoms with Gasteiger partial charge in [-0.05, 0) is 53.6 Å². The van der Waals surface area contributed by atoms with Crippen molar-refractivity contribution in [1.82, 2.24) is 10.6 Å². The van der Waals surface area contributed by atoms with Crippen molar-refractivity contribution in [1.29, 1.82) is 0 Å². The van der Waals surface area contributed by atoms with Crippen LogP contribution in [0, 0.1) is 23.5 Å². The van der Waals surface area contributed by atoms with Gasteiger partial charge >= 0.3 is 17.9 Å². The zero-order valence-corrected chi connectivity index (χ0v) is 31.4. The summed E-state index contributed by atoms with van der Waals surface area (Å²) in [7, 11) is 0. The van der Waals surface area contributed by atoms with Crippen molar-refractivity contribution in [3.8, 4) is 34.8 Å². The maximum absolute atomic E-state index is 15.5. The van der Waals surface area contributed by atoms with Gasteiger partial charge in [-0.3, -0.25) is 19.2 Å². The number of carbonyl (C=O) groups excluding carboxylic acids is 5. The number of hydrogen-bond acceptors (Lipinski definition) is 10. The molecular weight excluding hydrogens is 766 g/mol. The van der Waals surface area contributed by atoms with Crippen LogP contribution in [0.15, 0.2) is 91.0 Å². The lowest BCUT2D eigenvalue weighted by atomic mass is 9.77. The number of esters is 3. The minimum atomic E-state index is -2.07. The summed E-state index contributed by atoms with van der Waals surface area (Å²) in [6.45, 7) is 1.95. The van der Waals surface area contributed by atoms with Crippen LogP contribution in [0.3, 0.4) is 0 Å². The van der Waals surface area contributed by atoms with E-state index in [1.54, 1.807) is 0 Å². The minimum absolute atomic E-state index is 0.00520. The maximum Gasteiger partial charge on any atom is 0.340 e. The number of amides is 2. The Kier molecular flexibility index (Phi) is 10.1. The molecule has 3 aliphatic rings.